The Morgan fingerprint density at radius 3 is 2.47 bits per heavy atom. The van der Waals surface area contributed by atoms with E-state index in [0.717, 1.165) is 12.0 Å². The molecule has 2 nitrogen and oxygen atoms in total. The summed E-state index contributed by atoms with van der Waals surface area (Å²) in [5.74, 6) is 0.634. The topological polar surface area (TPSA) is 29.5 Å². The standard InChI is InChI=1S/C15H24O2/c1-11(2)8-13-6-5-7-14(9-13)15(16)10-17-12(3)4/h5-7,9,11-12,15-16H,8,10H2,1-4H3. The van der Waals surface area contributed by atoms with Gasteiger partial charge in [-0.05, 0) is 37.3 Å². The van der Waals surface area contributed by atoms with Gasteiger partial charge in [-0.2, -0.15) is 0 Å². The molecule has 0 fully saturated rings. The molecule has 1 aromatic rings. The Labute approximate surface area is 105 Å². The van der Waals surface area contributed by atoms with Gasteiger partial charge in [0.05, 0.1) is 12.7 Å². The van der Waals surface area contributed by atoms with Crippen molar-refractivity contribution in [1.29, 1.82) is 0 Å². The summed E-state index contributed by atoms with van der Waals surface area (Å²) < 4.78 is 5.43. The molecular formula is C15H24O2. The lowest BCUT2D eigenvalue weighted by Gasteiger charge is -2.15. The molecule has 0 bridgehead atoms. The molecule has 96 valence electrons. The van der Waals surface area contributed by atoms with Crippen molar-refractivity contribution < 1.29 is 9.84 Å². The van der Waals surface area contributed by atoms with E-state index in [1.54, 1.807) is 0 Å². The number of benzene rings is 1. The Balaban J connectivity index is 2.63. The maximum Gasteiger partial charge on any atom is 0.102 e. The van der Waals surface area contributed by atoms with E-state index in [-0.39, 0.29) is 6.10 Å². The molecule has 0 aliphatic carbocycles. The van der Waals surface area contributed by atoms with Crippen LogP contribution in [0, 0.1) is 5.92 Å². The van der Waals surface area contributed by atoms with Gasteiger partial charge in [0, 0.05) is 0 Å². The molecule has 0 saturated heterocycles. The van der Waals surface area contributed by atoms with E-state index < -0.39 is 6.10 Å². The molecule has 2 heteroatoms. The van der Waals surface area contributed by atoms with Gasteiger partial charge in [-0.3, -0.25) is 0 Å². The van der Waals surface area contributed by atoms with Gasteiger partial charge in [-0.25, -0.2) is 0 Å². The van der Waals surface area contributed by atoms with Gasteiger partial charge in [-0.15, -0.1) is 0 Å². The zero-order chi connectivity index (χ0) is 12.8. The molecule has 0 aliphatic rings. The van der Waals surface area contributed by atoms with E-state index in [1.807, 2.05) is 26.0 Å². The monoisotopic (exact) mass is 236 g/mol. The molecule has 0 amide bonds. The Bertz CT molecular complexity index is 331. The Hall–Kier alpha value is -0.860. The summed E-state index contributed by atoms with van der Waals surface area (Å²) in [5, 5.41) is 10.0. The normalized spacial score (nSPS) is 13.4. The summed E-state index contributed by atoms with van der Waals surface area (Å²) in [6.45, 7) is 8.71. The van der Waals surface area contributed by atoms with Gasteiger partial charge in [0.1, 0.15) is 6.10 Å². The first kappa shape index (κ1) is 14.2. The predicted octanol–water partition coefficient (Wildman–Crippen LogP) is 3.34. The fraction of sp³-hybridized carbons (Fsp3) is 0.600. The molecule has 0 aromatic heterocycles. The van der Waals surface area contributed by atoms with Crippen molar-refractivity contribution in [3.05, 3.63) is 35.4 Å². The number of aliphatic hydroxyl groups is 1. The minimum atomic E-state index is -0.524. The molecule has 0 spiro atoms. The number of aliphatic hydroxyl groups excluding tert-OH is 1. The van der Waals surface area contributed by atoms with Crippen LogP contribution in [-0.2, 0) is 11.2 Å². The number of rotatable bonds is 6. The Morgan fingerprint density at radius 1 is 1.18 bits per heavy atom. The smallest absolute Gasteiger partial charge is 0.102 e. The summed E-state index contributed by atoms with van der Waals surface area (Å²) in [6.07, 6.45) is 0.680. The third-order valence-electron chi connectivity index (χ3n) is 2.57. The lowest BCUT2D eigenvalue weighted by atomic mass is 9.99. The average Bonchev–Trinajstić information content (AvgIpc) is 2.25. The second kappa shape index (κ2) is 6.77. The number of ether oxygens (including phenoxy) is 1. The van der Waals surface area contributed by atoms with Crippen LogP contribution >= 0.6 is 0 Å². The second-order valence-corrected chi connectivity index (χ2v) is 5.24. The lowest BCUT2D eigenvalue weighted by molar-refractivity contribution is 0.00490. The molecule has 0 radical (unpaired) electrons. The molecule has 1 rings (SSSR count). The molecule has 0 saturated carbocycles. The number of hydrogen-bond donors (Lipinski definition) is 1. The molecule has 1 unspecified atom stereocenters. The first-order valence-corrected chi connectivity index (χ1v) is 6.37. The van der Waals surface area contributed by atoms with Crippen LogP contribution in [0.15, 0.2) is 24.3 Å². The van der Waals surface area contributed by atoms with Crippen LogP contribution in [-0.4, -0.2) is 17.8 Å². The van der Waals surface area contributed by atoms with Crippen molar-refractivity contribution in [2.45, 2.75) is 46.3 Å². The van der Waals surface area contributed by atoms with Gasteiger partial charge in [0.15, 0.2) is 0 Å². The third kappa shape index (κ3) is 5.33. The average molecular weight is 236 g/mol. The van der Waals surface area contributed by atoms with E-state index in [1.165, 1.54) is 5.56 Å². The lowest BCUT2D eigenvalue weighted by Crippen LogP contribution is -2.12. The van der Waals surface area contributed by atoms with Crippen LogP contribution in [0.4, 0.5) is 0 Å². The summed E-state index contributed by atoms with van der Waals surface area (Å²) in [6, 6.07) is 8.15. The van der Waals surface area contributed by atoms with Crippen LogP contribution in [0.2, 0.25) is 0 Å². The van der Waals surface area contributed by atoms with Crippen LogP contribution in [0.5, 0.6) is 0 Å². The maximum atomic E-state index is 10.0. The van der Waals surface area contributed by atoms with Crippen molar-refractivity contribution in [3.63, 3.8) is 0 Å². The van der Waals surface area contributed by atoms with E-state index in [9.17, 15) is 5.11 Å². The Kier molecular flexibility index (Phi) is 5.66. The molecule has 17 heavy (non-hydrogen) atoms. The minimum absolute atomic E-state index is 0.156. The first-order valence-electron chi connectivity index (χ1n) is 6.37. The fourth-order valence-electron chi connectivity index (χ4n) is 1.78. The van der Waals surface area contributed by atoms with Crippen molar-refractivity contribution in [3.8, 4) is 0 Å². The zero-order valence-corrected chi connectivity index (χ0v) is 11.3. The number of hydrogen-bond acceptors (Lipinski definition) is 2. The van der Waals surface area contributed by atoms with Crippen molar-refractivity contribution in [2.75, 3.05) is 6.61 Å². The van der Waals surface area contributed by atoms with E-state index in [2.05, 4.69) is 26.0 Å². The largest absolute Gasteiger partial charge is 0.386 e. The molecule has 0 aliphatic heterocycles. The van der Waals surface area contributed by atoms with Gasteiger partial charge >= 0.3 is 0 Å². The van der Waals surface area contributed by atoms with Gasteiger partial charge < -0.3 is 9.84 Å². The third-order valence-corrected chi connectivity index (χ3v) is 2.57. The quantitative estimate of drug-likeness (QED) is 0.821. The van der Waals surface area contributed by atoms with E-state index in [0.29, 0.717) is 12.5 Å². The van der Waals surface area contributed by atoms with Crippen LogP contribution in [0.1, 0.15) is 44.9 Å². The van der Waals surface area contributed by atoms with Crippen LogP contribution < -0.4 is 0 Å². The molecule has 1 atom stereocenters. The van der Waals surface area contributed by atoms with E-state index in [4.69, 9.17) is 4.74 Å². The zero-order valence-electron chi connectivity index (χ0n) is 11.3. The minimum Gasteiger partial charge on any atom is -0.386 e. The summed E-state index contributed by atoms with van der Waals surface area (Å²) in [7, 11) is 0. The summed E-state index contributed by atoms with van der Waals surface area (Å²) >= 11 is 0. The van der Waals surface area contributed by atoms with Crippen LogP contribution in [0.3, 0.4) is 0 Å². The SMILES string of the molecule is CC(C)Cc1cccc(C(O)COC(C)C)c1. The van der Waals surface area contributed by atoms with Crippen molar-refractivity contribution in [1.82, 2.24) is 0 Å². The molecule has 1 N–H and O–H groups in total. The molecule has 0 heterocycles. The Morgan fingerprint density at radius 2 is 1.88 bits per heavy atom. The van der Waals surface area contributed by atoms with Gasteiger partial charge in [0.25, 0.3) is 0 Å². The molecular weight excluding hydrogens is 212 g/mol. The highest BCUT2D eigenvalue weighted by Crippen LogP contribution is 2.17. The maximum absolute atomic E-state index is 10.0. The van der Waals surface area contributed by atoms with E-state index >= 15 is 0 Å². The molecule has 1 aromatic carbocycles. The fourth-order valence-corrected chi connectivity index (χ4v) is 1.78. The highest BCUT2D eigenvalue weighted by molar-refractivity contribution is 5.25. The van der Waals surface area contributed by atoms with Gasteiger partial charge in [-0.1, -0.05) is 38.1 Å². The van der Waals surface area contributed by atoms with Crippen molar-refractivity contribution >= 4 is 0 Å². The highest BCUT2D eigenvalue weighted by atomic mass is 16.5. The first-order chi connectivity index (χ1) is 7.99. The van der Waals surface area contributed by atoms with Crippen molar-refractivity contribution in [2.24, 2.45) is 5.92 Å². The predicted molar refractivity (Wildman–Crippen MR) is 71.0 cm³/mol. The summed E-state index contributed by atoms with van der Waals surface area (Å²) in [5.41, 5.74) is 2.23. The summed E-state index contributed by atoms with van der Waals surface area (Å²) in [4.78, 5) is 0. The highest BCUT2D eigenvalue weighted by Gasteiger charge is 2.09. The van der Waals surface area contributed by atoms with Crippen LogP contribution in [0.25, 0.3) is 0 Å². The second-order valence-electron chi connectivity index (χ2n) is 5.24. The van der Waals surface area contributed by atoms with Gasteiger partial charge in [0.2, 0.25) is 0 Å².